The largest absolute Gasteiger partial charge is 0.465 e. The molecule has 0 aliphatic rings. The van der Waals surface area contributed by atoms with E-state index in [0.29, 0.717) is 21.8 Å². The van der Waals surface area contributed by atoms with Crippen LogP contribution < -0.4 is 5.32 Å². The van der Waals surface area contributed by atoms with Crippen LogP contribution in [0.25, 0.3) is 0 Å². The zero-order valence-corrected chi connectivity index (χ0v) is 13.4. The number of hydrogen-bond donors (Lipinski definition) is 1. The smallest absolute Gasteiger partial charge is 0.340 e. The van der Waals surface area contributed by atoms with Gasteiger partial charge in [0, 0.05) is 17.6 Å². The molecule has 2 aromatic rings. The van der Waals surface area contributed by atoms with E-state index in [1.165, 1.54) is 18.4 Å². The molecule has 2 rings (SSSR count). The van der Waals surface area contributed by atoms with Crippen LogP contribution in [0, 0.1) is 20.8 Å². The third kappa shape index (κ3) is 2.82. The van der Waals surface area contributed by atoms with Crippen LogP contribution in [0.2, 0.25) is 0 Å². The number of esters is 1. The molecule has 0 fully saturated rings. The van der Waals surface area contributed by atoms with Crippen molar-refractivity contribution in [2.45, 2.75) is 20.8 Å². The second kappa shape index (κ2) is 5.69. The fraction of sp³-hybridized carbons (Fsp3) is 0.357. The molecule has 0 aliphatic heterocycles. The van der Waals surface area contributed by atoms with Gasteiger partial charge in [0.1, 0.15) is 5.00 Å². The summed E-state index contributed by atoms with van der Waals surface area (Å²) < 4.78 is 6.39. The first-order valence-corrected chi connectivity index (χ1v) is 7.17. The first-order valence-electron chi connectivity index (χ1n) is 6.35. The summed E-state index contributed by atoms with van der Waals surface area (Å²) in [6.07, 6.45) is 0. The van der Waals surface area contributed by atoms with Crippen LogP contribution in [-0.2, 0) is 11.8 Å². The number of thiophene rings is 1. The van der Waals surface area contributed by atoms with Crippen LogP contribution in [0.1, 0.15) is 37.0 Å². The number of hydrogen-bond acceptors (Lipinski definition) is 5. The number of amides is 1. The molecule has 0 aromatic carbocycles. The van der Waals surface area contributed by atoms with Crippen molar-refractivity contribution in [1.82, 2.24) is 9.78 Å². The Labute approximate surface area is 126 Å². The van der Waals surface area contributed by atoms with E-state index in [4.69, 9.17) is 4.74 Å². The van der Waals surface area contributed by atoms with Crippen molar-refractivity contribution in [2.24, 2.45) is 7.05 Å². The molecule has 112 valence electrons. The quantitative estimate of drug-likeness (QED) is 0.884. The molecule has 1 amide bonds. The Morgan fingerprint density at radius 2 is 2.00 bits per heavy atom. The summed E-state index contributed by atoms with van der Waals surface area (Å²) in [5.41, 5.74) is 2.32. The first-order chi connectivity index (χ1) is 9.85. The second-order valence-corrected chi connectivity index (χ2v) is 5.97. The van der Waals surface area contributed by atoms with Crippen molar-refractivity contribution >= 4 is 28.2 Å². The monoisotopic (exact) mass is 307 g/mol. The van der Waals surface area contributed by atoms with E-state index in [0.717, 1.165) is 10.6 Å². The van der Waals surface area contributed by atoms with Gasteiger partial charge >= 0.3 is 5.97 Å². The first kappa shape index (κ1) is 15.2. The van der Waals surface area contributed by atoms with Crippen LogP contribution >= 0.6 is 11.3 Å². The van der Waals surface area contributed by atoms with Gasteiger partial charge < -0.3 is 10.1 Å². The van der Waals surface area contributed by atoms with Gasteiger partial charge in [-0.25, -0.2) is 4.79 Å². The van der Waals surface area contributed by atoms with E-state index in [2.05, 4.69) is 10.4 Å². The van der Waals surface area contributed by atoms with Crippen molar-refractivity contribution in [3.8, 4) is 0 Å². The topological polar surface area (TPSA) is 73.2 Å². The second-order valence-electron chi connectivity index (χ2n) is 4.71. The number of anilines is 1. The maximum absolute atomic E-state index is 12.4. The Bertz CT molecular complexity index is 715. The molecule has 0 unspecified atom stereocenters. The molecule has 2 heterocycles. The molecule has 0 spiro atoms. The highest BCUT2D eigenvalue weighted by atomic mass is 32.1. The molecule has 0 radical (unpaired) electrons. The number of nitrogens with one attached hydrogen (secondary N) is 1. The lowest BCUT2D eigenvalue weighted by atomic mass is 10.2. The van der Waals surface area contributed by atoms with Crippen LogP contribution in [0.3, 0.4) is 0 Å². The summed E-state index contributed by atoms with van der Waals surface area (Å²) in [4.78, 5) is 25.1. The Kier molecular flexibility index (Phi) is 4.13. The number of aromatic nitrogens is 2. The van der Waals surface area contributed by atoms with Gasteiger partial charge in [-0.05, 0) is 26.8 Å². The van der Waals surface area contributed by atoms with Crippen LogP contribution in [0.5, 0.6) is 0 Å². The maximum Gasteiger partial charge on any atom is 0.340 e. The van der Waals surface area contributed by atoms with Gasteiger partial charge in [0.05, 0.1) is 23.9 Å². The highest BCUT2D eigenvalue weighted by Crippen LogP contribution is 2.29. The standard InChI is InChI=1S/C14H17N3O3S/c1-7-6-10(14(19)20-5)13(21-7)15-12(18)11-8(2)16-17(4)9(11)3/h6H,1-5H3,(H,15,18). The van der Waals surface area contributed by atoms with Gasteiger partial charge in [-0.2, -0.15) is 5.10 Å². The molecule has 2 aromatic heterocycles. The molecule has 21 heavy (non-hydrogen) atoms. The Balaban J connectivity index is 2.34. The lowest BCUT2D eigenvalue weighted by Gasteiger charge is -2.05. The van der Waals surface area contributed by atoms with Gasteiger partial charge in [-0.1, -0.05) is 0 Å². The number of ether oxygens (including phenoxy) is 1. The summed E-state index contributed by atoms with van der Waals surface area (Å²) in [6, 6.07) is 1.70. The number of rotatable bonds is 3. The molecule has 0 atom stereocenters. The molecular weight excluding hydrogens is 290 g/mol. The summed E-state index contributed by atoms with van der Waals surface area (Å²) in [5, 5.41) is 7.50. The molecule has 7 heteroatoms. The molecular formula is C14H17N3O3S. The highest BCUT2D eigenvalue weighted by molar-refractivity contribution is 7.16. The summed E-state index contributed by atoms with van der Waals surface area (Å²) in [6.45, 7) is 5.48. The Morgan fingerprint density at radius 3 is 2.52 bits per heavy atom. The predicted molar refractivity (Wildman–Crippen MR) is 81.0 cm³/mol. The minimum absolute atomic E-state index is 0.273. The normalized spacial score (nSPS) is 10.5. The van der Waals surface area contributed by atoms with Crippen LogP contribution in [-0.4, -0.2) is 28.8 Å². The zero-order chi connectivity index (χ0) is 15.7. The number of aryl methyl sites for hydroxylation is 3. The van der Waals surface area contributed by atoms with Crippen molar-refractivity contribution < 1.29 is 14.3 Å². The fourth-order valence-corrected chi connectivity index (χ4v) is 3.03. The molecule has 0 bridgehead atoms. The average Bonchev–Trinajstić information content (AvgIpc) is 2.89. The van der Waals surface area contributed by atoms with Crippen molar-refractivity contribution in [2.75, 3.05) is 12.4 Å². The minimum Gasteiger partial charge on any atom is -0.465 e. The average molecular weight is 307 g/mol. The zero-order valence-electron chi connectivity index (χ0n) is 12.6. The van der Waals surface area contributed by atoms with E-state index in [9.17, 15) is 9.59 Å². The van der Waals surface area contributed by atoms with Crippen LogP contribution in [0.15, 0.2) is 6.07 Å². The number of methoxy groups -OCH3 is 1. The van der Waals surface area contributed by atoms with Gasteiger partial charge in [-0.15, -0.1) is 11.3 Å². The molecule has 0 saturated heterocycles. The maximum atomic E-state index is 12.4. The van der Waals surface area contributed by atoms with Gasteiger partial charge in [-0.3, -0.25) is 9.48 Å². The summed E-state index contributed by atoms with van der Waals surface area (Å²) in [7, 11) is 3.10. The van der Waals surface area contributed by atoms with E-state index < -0.39 is 5.97 Å². The van der Waals surface area contributed by atoms with Gasteiger partial charge in [0.2, 0.25) is 0 Å². The van der Waals surface area contributed by atoms with Crippen molar-refractivity contribution in [1.29, 1.82) is 0 Å². The lowest BCUT2D eigenvalue weighted by Crippen LogP contribution is -2.15. The lowest BCUT2D eigenvalue weighted by molar-refractivity contribution is 0.0602. The van der Waals surface area contributed by atoms with Crippen molar-refractivity contribution in [3.63, 3.8) is 0 Å². The van der Waals surface area contributed by atoms with Gasteiger partial charge in [0.15, 0.2) is 0 Å². The van der Waals surface area contributed by atoms with Crippen molar-refractivity contribution in [3.05, 3.63) is 33.5 Å². The third-order valence-electron chi connectivity index (χ3n) is 3.22. The van der Waals surface area contributed by atoms with E-state index in [1.807, 2.05) is 13.8 Å². The summed E-state index contributed by atoms with van der Waals surface area (Å²) in [5.74, 6) is -0.737. The summed E-state index contributed by atoms with van der Waals surface area (Å²) >= 11 is 1.34. The SMILES string of the molecule is COC(=O)c1cc(C)sc1NC(=O)c1c(C)nn(C)c1C. The Hall–Kier alpha value is -2.15. The van der Waals surface area contributed by atoms with Crippen LogP contribution in [0.4, 0.5) is 5.00 Å². The molecule has 1 N–H and O–H groups in total. The Morgan fingerprint density at radius 1 is 1.33 bits per heavy atom. The highest BCUT2D eigenvalue weighted by Gasteiger charge is 2.21. The van der Waals surface area contributed by atoms with E-state index in [1.54, 1.807) is 24.7 Å². The predicted octanol–water partition coefficient (Wildman–Crippen LogP) is 2.45. The van der Waals surface area contributed by atoms with E-state index in [-0.39, 0.29) is 5.91 Å². The molecule has 0 aliphatic carbocycles. The number of carbonyl (C=O) groups is 2. The van der Waals surface area contributed by atoms with E-state index >= 15 is 0 Å². The number of carbonyl (C=O) groups excluding carboxylic acids is 2. The van der Waals surface area contributed by atoms with Gasteiger partial charge in [0.25, 0.3) is 5.91 Å². The number of nitrogens with zero attached hydrogens (tertiary/aromatic N) is 2. The third-order valence-corrected chi connectivity index (χ3v) is 4.19. The molecule has 0 saturated carbocycles. The molecule has 6 nitrogen and oxygen atoms in total. The minimum atomic E-state index is -0.464. The fourth-order valence-electron chi connectivity index (χ4n) is 2.14.